The van der Waals surface area contributed by atoms with Crippen molar-refractivity contribution in [3.8, 4) is 5.75 Å². The van der Waals surface area contributed by atoms with Crippen molar-refractivity contribution < 1.29 is 19.1 Å². The van der Waals surface area contributed by atoms with Gasteiger partial charge >= 0.3 is 5.97 Å². The number of hydrogen-bond donors (Lipinski definition) is 1. The average molecular weight is 327 g/mol. The Labute approximate surface area is 141 Å². The topological polar surface area (TPSA) is 64.6 Å². The van der Waals surface area contributed by atoms with Gasteiger partial charge in [-0.05, 0) is 35.7 Å². The maximum absolute atomic E-state index is 11.9. The van der Waals surface area contributed by atoms with Gasteiger partial charge in [-0.3, -0.25) is 4.79 Å². The predicted octanol–water partition coefficient (Wildman–Crippen LogP) is 2.73. The number of hydrogen-bond acceptors (Lipinski definition) is 4. The molecule has 0 saturated carbocycles. The van der Waals surface area contributed by atoms with Gasteiger partial charge in [0.25, 0.3) is 5.91 Å². The summed E-state index contributed by atoms with van der Waals surface area (Å²) in [6.45, 7) is 2.18. The molecule has 2 aromatic rings. The Morgan fingerprint density at radius 1 is 1.04 bits per heavy atom. The largest absolute Gasteiger partial charge is 0.497 e. The van der Waals surface area contributed by atoms with E-state index in [2.05, 4.69) is 12.2 Å². The highest BCUT2D eigenvalue weighted by Gasteiger charge is 2.10. The van der Waals surface area contributed by atoms with E-state index in [4.69, 9.17) is 9.47 Å². The Morgan fingerprint density at radius 3 is 2.42 bits per heavy atom. The molecular formula is C19H21NO4. The van der Waals surface area contributed by atoms with Crippen molar-refractivity contribution in [2.75, 3.05) is 13.7 Å². The molecule has 0 aliphatic heterocycles. The number of rotatable bonds is 7. The van der Waals surface area contributed by atoms with Crippen LogP contribution in [-0.2, 0) is 22.5 Å². The molecule has 0 fully saturated rings. The number of ether oxygens (including phenoxy) is 2. The van der Waals surface area contributed by atoms with Crippen LogP contribution in [0.3, 0.4) is 0 Å². The third-order valence-corrected chi connectivity index (χ3v) is 3.56. The lowest BCUT2D eigenvalue weighted by Crippen LogP contribution is -2.28. The van der Waals surface area contributed by atoms with E-state index in [0.29, 0.717) is 17.9 Å². The van der Waals surface area contributed by atoms with Crippen LogP contribution in [0.1, 0.15) is 28.4 Å². The number of benzene rings is 2. The molecule has 0 atom stereocenters. The first-order valence-electron chi connectivity index (χ1n) is 7.78. The minimum atomic E-state index is -0.559. The summed E-state index contributed by atoms with van der Waals surface area (Å²) in [4.78, 5) is 23.7. The first-order chi connectivity index (χ1) is 11.6. The molecular weight excluding hydrogens is 306 g/mol. The maximum Gasteiger partial charge on any atom is 0.338 e. The number of carbonyl (C=O) groups is 2. The Balaban J connectivity index is 1.78. The van der Waals surface area contributed by atoms with Crippen LogP contribution in [0.2, 0.25) is 0 Å². The predicted molar refractivity (Wildman–Crippen MR) is 90.9 cm³/mol. The van der Waals surface area contributed by atoms with Gasteiger partial charge in [-0.25, -0.2) is 4.79 Å². The van der Waals surface area contributed by atoms with E-state index in [0.717, 1.165) is 12.0 Å². The summed E-state index contributed by atoms with van der Waals surface area (Å²) in [6, 6.07) is 14.6. The lowest BCUT2D eigenvalue weighted by Gasteiger charge is -2.08. The molecule has 126 valence electrons. The van der Waals surface area contributed by atoms with Crippen molar-refractivity contribution in [2.45, 2.75) is 19.9 Å². The van der Waals surface area contributed by atoms with E-state index < -0.39 is 5.97 Å². The van der Waals surface area contributed by atoms with E-state index in [1.807, 2.05) is 24.3 Å². The molecule has 0 radical (unpaired) electrons. The molecule has 0 unspecified atom stereocenters. The van der Waals surface area contributed by atoms with Crippen LogP contribution in [-0.4, -0.2) is 25.6 Å². The van der Waals surface area contributed by atoms with Crippen molar-refractivity contribution in [1.82, 2.24) is 5.32 Å². The Kier molecular flexibility index (Phi) is 6.37. The third-order valence-electron chi connectivity index (χ3n) is 3.56. The van der Waals surface area contributed by atoms with Gasteiger partial charge < -0.3 is 14.8 Å². The molecule has 0 spiro atoms. The SMILES string of the molecule is CCc1ccc(CNC(=O)COC(=O)c2cccc(OC)c2)cc1. The number of methoxy groups -OCH3 is 1. The van der Waals surface area contributed by atoms with Gasteiger partial charge in [0.15, 0.2) is 6.61 Å². The highest BCUT2D eigenvalue weighted by molar-refractivity contribution is 5.91. The van der Waals surface area contributed by atoms with Crippen LogP contribution < -0.4 is 10.1 Å². The monoisotopic (exact) mass is 327 g/mol. The number of amides is 1. The fourth-order valence-corrected chi connectivity index (χ4v) is 2.11. The molecule has 0 bridgehead atoms. The summed E-state index contributed by atoms with van der Waals surface area (Å²) in [5.41, 5.74) is 2.59. The highest BCUT2D eigenvalue weighted by Crippen LogP contribution is 2.13. The van der Waals surface area contributed by atoms with Crippen molar-refractivity contribution in [1.29, 1.82) is 0 Å². The maximum atomic E-state index is 11.9. The van der Waals surface area contributed by atoms with Crippen LogP contribution in [0.4, 0.5) is 0 Å². The molecule has 1 N–H and O–H groups in total. The van der Waals surface area contributed by atoms with Crippen LogP contribution in [0.5, 0.6) is 5.75 Å². The van der Waals surface area contributed by atoms with Crippen molar-refractivity contribution in [3.05, 3.63) is 65.2 Å². The third kappa shape index (κ3) is 5.12. The normalized spacial score (nSPS) is 10.1. The van der Waals surface area contributed by atoms with Crippen molar-refractivity contribution >= 4 is 11.9 Å². The molecule has 5 nitrogen and oxygen atoms in total. The standard InChI is InChI=1S/C19H21NO4/c1-3-14-7-9-15(10-8-14)12-20-18(21)13-24-19(22)16-5-4-6-17(11-16)23-2/h4-11H,3,12-13H2,1-2H3,(H,20,21). The summed E-state index contributed by atoms with van der Waals surface area (Å²) in [5.74, 6) is -0.341. The van der Waals surface area contributed by atoms with Crippen molar-refractivity contribution in [2.24, 2.45) is 0 Å². The van der Waals surface area contributed by atoms with Crippen LogP contribution in [0, 0.1) is 0 Å². The fraction of sp³-hybridized carbons (Fsp3) is 0.263. The second kappa shape index (κ2) is 8.72. The summed E-state index contributed by atoms with van der Waals surface area (Å²) in [7, 11) is 1.52. The van der Waals surface area contributed by atoms with Gasteiger partial charge in [-0.1, -0.05) is 37.3 Å². The quantitative estimate of drug-likeness (QED) is 0.794. The van der Waals surface area contributed by atoms with E-state index in [1.54, 1.807) is 24.3 Å². The molecule has 0 aliphatic rings. The van der Waals surface area contributed by atoms with E-state index in [1.165, 1.54) is 12.7 Å². The minimum absolute atomic E-state index is 0.316. The lowest BCUT2D eigenvalue weighted by atomic mass is 10.1. The molecule has 2 aromatic carbocycles. The molecule has 1 amide bonds. The van der Waals surface area contributed by atoms with E-state index in [-0.39, 0.29) is 12.5 Å². The molecule has 0 saturated heterocycles. The smallest absolute Gasteiger partial charge is 0.338 e. The summed E-state index contributed by atoms with van der Waals surface area (Å²) >= 11 is 0. The Bertz CT molecular complexity index is 695. The zero-order valence-corrected chi connectivity index (χ0v) is 13.9. The van der Waals surface area contributed by atoms with E-state index >= 15 is 0 Å². The molecule has 24 heavy (non-hydrogen) atoms. The van der Waals surface area contributed by atoms with E-state index in [9.17, 15) is 9.59 Å². The van der Waals surface area contributed by atoms with Gasteiger partial charge in [0.2, 0.25) is 0 Å². The molecule has 0 heterocycles. The fourth-order valence-electron chi connectivity index (χ4n) is 2.11. The summed E-state index contributed by atoms with van der Waals surface area (Å²) in [6.07, 6.45) is 0.979. The first-order valence-corrected chi connectivity index (χ1v) is 7.78. The summed E-state index contributed by atoms with van der Waals surface area (Å²) < 4.78 is 10.1. The van der Waals surface area contributed by atoms with Crippen LogP contribution in [0.15, 0.2) is 48.5 Å². The number of nitrogens with one attached hydrogen (secondary N) is 1. The Morgan fingerprint density at radius 2 is 1.75 bits per heavy atom. The lowest BCUT2D eigenvalue weighted by molar-refractivity contribution is -0.124. The molecule has 0 aliphatic carbocycles. The van der Waals surface area contributed by atoms with Gasteiger partial charge in [-0.15, -0.1) is 0 Å². The minimum Gasteiger partial charge on any atom is -0.497 e. The highest BCUT2D eigenvalue weighted by atomic mass is 16.5. The molecule has 0 aromatic heterocycles. The number of aryl methyl sites for hydroxylation is 1. The van der Waals surface area contributed by atoms with Gasteiger partial charge in [0, 0.05) is 6.54 Å². The Hall–Kier alpha value is -2.82. The molecule has 5 heteroatoms. The first kappa shape index (κ1) is 17.5. The van der Waals surface area contributed by atoms with Crippen LogP contribution in [0.25, 0.3) is 0 Å². The number of carbonyl (C=O) groups excluding carboxylic acids is 2. The number of esters is 1. The molecule has 2 rings (SSSR count). The van der Waals surface area contributed by atoms with Gasteiger partial charge in [0.1, 0.15) is 5.75 Å². The second-order valence-electron chi connectivity index (χ2n) is 5.25. The zero-order valence-electron chi connectivity index (χ0n) is 13.9. The average Bonchev–Trinajstić information content (AvgIpc) is 2.64. The van der Waals surface area contributed by atoms with Gasteiger partial charge in [-0.2, -0.15) is 0 Å². The summed E-state index contributed by atoms with van der Waals surface area (Å²) in [5, 5.41) is 2.72. The van der Waals surface area contributed by atoms with Crippen LogP contribution >= 0.6 is 0 Å². The van der Waals surface area contributed by atoms with Crippen molar-refractivity contribution in [3.63, 3.8) is 0 Å². The van der Waals surface area contributed by atoms with Gasteiger partial charge in [0.05, 0.1) is 12.7 Å². The second-order valence-corrected chi connectivity index (χ2v) is 5.25. The zero-order chi connectivity index (χ0) is 17.4.